The summed E-state index contributed by atoms with van der Waals surface area (Å²) in [7, 11) is 0. The van der Waals surface area contributed by atoms with Crippen LogP contribution in [0.3, 0.4) is 0 Å². The zero-order chi connectivity index (χ0) is 17.0. The van der Waals surface area contributed by atoms with Gasteiger partial charge in [-0.15, -0.1) is 0 Å². The smallest absolute Gasteiger partial charge is 0.273 e. The number of aromatic amines is 1. The zero-order valence-corrected chi connectivity index (χ0v) is 13.4. The van der Waals surface area contributed by atoms with E-state index in [1.165, 1.54) is 12.3 Å². The maximum Gasteiger partial charge on any atom is 0.273 e. The van der Waals surface area contributed by atoms with Gasteiger partial charge >= 0.3 is 0 Å². The lowest BCUT2D eigenvalue weighted by Gasteiger charge is -2.22. The summed E-state index contributed by atoms with van der Waals surface area (Å²) in [6.07, 6.45) is 6.21. The molecular formula is C17H20N4O2. The lowest BCUT2D eigenvalue weighted by atomic mass is 9.95. The highest BCUT2D eigenvalue weighted by molar-refractivity contribution is 6.06. The number of anilines is 1. The molecule has 0 aliphatic rings. The fraction of sp³-hybridized carbons (Fsp3) is 0.235. The summed E-state index contributed by atoms with van der Waals surface area (Å²) in [6.45, 7) is 8.58. The largest absolute Gasteiger partial charge is 0.386 e. The Labute approximate surface area is 134 Å². The van der Waals surface area contributed by atoms with E-state index in [4.69, 9.17) is 0 Å². The molecule has 6 heteroatoms. The van der Waals surface area contributed by atoms with Gasteiger partial charge in [0.1, 0.15) is 5.70 Å². The number of fused-ring (bicyclic) bond motifs is 1. The highest BCUT2D eigenvalue weighted by atomic mass is 16.3. The highest BCUT2D eigenvalue weighted by Crippen LogP contribution is 2.31. The molecular weight excluding hydrogens is 292 g/mol. The second kappa shape index (κ2) is 6.58. The summed E-state index contributed by atoms with van der Waals surface area (Å²) in [4.78, 5) is 16.4. The molecule has 2 rings (SSSR count). The van der Waals surface area contributed by atoms with Gasteiger partial charge in [-0.1, -0.05) is 18.7 Å². The van der Waals surface area contributed by atoms with Crippen LogP contribution in [-0.4, -0.2) is 27.4 Å². The molecule has 0 aliphatic heterocycles. The molecule has 120 valence electrons. The second-order valence-electron chi connectivity index (χ2n) is 5.56. The zero-order valence-electron chi connectivity index (χ0n) is 13.4. The van der Waals surface area contributed by atoms with E-state index in [1.807, 2.05) is 0 Å². The summed E-state index contributed by atoms with van der Waals surface area (Å²) < 4.78 is 0. The number of nitrogens with one attached hydrogen (secondary N) is 2. The molecule has 0 spiro atoms. The normalized spacial score (nSPS) is 12.8. The van der Waals surface area contributed by atoms with Crippen LogP contribution in [0.25, 0.3) is 10.9 Å². The molecule has 0 fully saturated rings. The van der Waals surface area contributed by atoms with Crippen LogP contribution in [-0.2, 0) is 10.4 Å². The van der Waals surface area contributed by atoms with Crippen molar-refractivity contribution < 1.29 is 9.90 Å². The summed E-state index contributed by atoms with van der Waals surface area (Å²) in [6, 6.07) is 3.55. The molecule has 0 unspecified atom stereocenters. The number of hydrogen-bond acceptors (Lipinski definition) is 4. The number of H-pyrrole nitrogens is 1. The van der Waals surface area contributed by atoms with E-state index in [-0.39, 0.29) is 11.6 Å². The molecule has 3 N–H and O–H groups in total. The van der Waals surface area contributed by atoms with Crippen molar-refractivity contribution in [1.29, 1.82) is 0 Å². The summed E-state index contributed by atoms with van der Waals surface area (Å²) >= 11 is 0. The van der Waals surface area contributed by atoms with E-state index in [9.17, 15) is 9.90 Å². The van der Waals surface area contributed by atoms with Crippen LogP contribution < -0.4 is 5.32 Å². The number of nitrogens with zero attached hydrogens (tertiary/aromatic N) is 2. The van der Waals surface area contributed by atoms with E-state index >= 15 is 0 Å². The van der Waals surface area contributed by atoms with E-state index in [1.54, 1.807) is 45.2 Å². The number of aliphatic imine (C=N–C) groups is 1. The molecule has 1 amide bonds. The Morgan fingerprint density at radius 1 is 1.48 bits per heavy atom. The van der Waals surface area contributed by atoms with Crippen molar-refractivity contribution in [3.8, 4) is 0 Å². The molecule has 23 heavy (non-hydrogen) atoms. The Morgan fingerprint density at radius 2 is 2.22 bits per heavy atom. The molecule has 1 heterocycles. The van der Waals surface area contributed by atoms with Crippen molar-refractivity contribution in [3.63, 3.8) is 0 Å². The number of rotatable bonds is 5. The predicted molar refractivity (Wildman–Crippen MR) is 92.4 cm³/mol. The number of carbonyl (C=O) groups excluding carboxylic acids is 1. The fourth-order valence-corrected chi connectivity index (χ4v) is 2.18. The SMILES string of the molecule is C=CC=N/C(=C\C)C(=O)Nc1cc2cn[nH]c2cc1C(C)(C)O. The van der Waals surface area contributed by atoms with Crippen molar-refractivity contribution in [2.45, 2.75) is 26.4 Å². The Balaban J connectivity index is 2.43. The quantitative estimate of drug-likeness (QED) is 0.585. The van der Waals surface area contributed by atoms with E-state index in [0.29, 0.717) is 11.3 Å². The highest BCUT2D eigenvalue weighted by Gasteiger charge is 2.23. The van der Waals surface area contributed by atoms with Crippen molar-refractivity contribution in [2.24, 2.45) is 4.99 Å². The van der Waals surface area contributed by atoms with Crippen molar-refractivity contribution in [2.75, 3.05) is 5.32 Å². The van der Waals surface area contributed by atoms with Gasteiger partial charge in [0.15, 0.2) is 0 Å². The summed E-state index contributed by atoms with van der Waals surface area (Å²) in [5.41, 5.74) is 1.04. The number of amides is 1. The maximum absolute atomic E-state index is 12.4. The maximum atomic E-state index is 12.4. The topological polar surface area (TPSA) is 90.4 Å². The monoisotopic (exact) mass is 312 g/mol. The third kappa shape index (κ3) is 3.73. The summed E-state index contributed by atoms with van der Waals surface area (Å²) in [5, 5.41) is 20.8. The van der Waals surface area contributed by atoms with Crippen molar-refractivity contribution >= 4 is 28.7 Å². The molecule has 0 bridgehead atoms. The number of benzene rings is 1. The van der Waals surface area contributed by atoms with Crippen LogP contribution in [0.4, 0.5) is 5.69 Å². The minimum Gasteiger partial charge on any atom is -0.386 e. The van der Waals surface area contributed by atoms with Crippen LogP contribution in [0.5, 0.6) is 0 Å². The third-order valence-electron chi connectivity index (χ3n) is 3.31. The lowest BCUT2D eigenvalue weighted by Crippen LogP contribution is -2.21. The van der Waals surface area contributed by atoms with Gasteiger partial charge in [-0.2, -0.15) is 5.10 Å². The van der Waals surface area contributed by atoms with Crippen LogP contribution in [0.1, 0.15) is 26.3 Å². The first-order valence-corrected chi connectivity index (χ1v) is 7.19. The number of aromatic nitrogens is 2. The van der Waals surface area contributed by atoms with E-state index in [2.05, 4.69) is 27.1 Å². The van der Waals surface area contributed by atoms with Gasteiger partial charge in [-0.25, -0.2) is 0 Å². The van der Waals surface area contributed by atoms with E-state index in [0.717, 1.165) is 10.9 Å². The molecule has 1 aromatic heterocycles. The van der Waals surface area contributed by atoms with Gasteiger partial charge in [-0.05, 0) is 32.9 Å². The molecule has 0 atom stereocenters. The fourth-order valence-electron chi connectivity index (χ4n) is 2.18. The van der Waals surface area contributed by atoms with Gasteiger partial charge in [-0.3, -0.25) is 14.9 Å². The van der Waals surface area contributed by atoms with Crippen LogP contribution >= 0.6 is 0 Å². The minimum absolute atomic E-state index is 0.263. The van der Waals surface area contributed by atoms with Gasteiger partial charge in [0.2, 0.25) is 0 Å². The summed E-state index contributed by atoms with van der Waals surface area (Å²) in [5.74, 6) is -0.362. The van der Waals surface area contributed by atoms with Crippen molar-refractivity contribution in [3.05, 3.63) is 48.3 Å². The Hall–Kier alpha value is -2.73. The van der Waals surface area contributed by atoms with Crippen LogP contribution in [0.2, 0.25) is 0 Å². The first-order chi connectivity index (χ1) is 10.9. The van der Waals surface area contributed by atoms with E-state index < -0.39 is 5.60 Å². The first kappa shape index (κ1) is 16.6. The molecule has 0 saturated heterocycles. The molecule has 1 aromatic carbocycles. The third-order valence-corrected chi connectivity index (χ3v) is 3.31. The molecule has 0 radical (unpaired) electrons. The number of carbonyl (C=O) groups is 1. The molecule has 2 aromatic rings. The Kier molecular flexibility index (Phi) is 4.76. The number of aliphatic hydroxyl groups is 1. The van der Waals surface area contributed by atoms with Gasteiger partial charge in [0.05, 0.1) is 17.3 Å². The van der Waals surface area contributed by atoms with Crippen LogP contribution in [0, 0.1) is 0 Å². The molecule has 6 nitrogen and oxygen atoms in total. The molecule has 0 saturated carbocycles. The van der Waals surface area contributed by atoms with Crippen molar-refractivity contribution in [1.82, 2.24) is 10.2 Å². The first-order valence-electron chi connectivity index (χ1n) is 7.19. The lowest BCUT2D eigenvalue weighted by molar-refractivity contribution is -0.112. The average molecular weight is 312 g/mol. The van der Waals surface area contributed by atoms with Gasteiger partial charge < -0.3 is 10.4 Å². The Bertz CT molecular complexity index is 795. The number of allylic oxidation sites excluding steroid dienone is 2. The standard InChI is InChI=1S/C17H20N4O2/c1-5-7-18-13(6-2)16(22)20-15-8-11-10-19-21-14(11)9-12(15)17(3,4)23/h5-10,23H,1H2,2-4H3,(H,19,21)(H,20,22)/b13-6-,18-7?. The second-order valence-corrected chi connectivity index (χ2v) is 5.56. The van der Waals surface area contributed by atoms with Gasteiger partial charge in [0.25, 0.3) is 5.91 Å². The average Bonchev–Trinajstić information content (AvgIpc) is 2.93. The van der Waals surface area contributed by atoms with Crippen LogP contribution in [0.15, 0.2) is 47.7 Å². The Morgan fingerprint density at radius 3 is 2.83 bits per heavy atom. The van der Waals surface area contributed by atoms with Gasteiger partial charge in [0, 0.05) is 22.9 Å². The molecule has 0 aliphatic carbocycles. The number of hydrogen-bond donors (Lipinski definition) is 3. The predicted octanol–water partition coefficient (Wildman–Crippen LogP) is 2.89. The minimum atomic E-state index is -1.12.